The van der Waals surface area contributed by atoms with Gasteiger partial charge in [-0.2, -0.15) is 0 Å². The van der Waals surface area contributed by atoms with Crippen molar-refractivity contribution >= 4 is 11.9 Å². The van der Waals surface area contributed by atoms with Crippen LogP contribution in [0.4, 0.5) is 0 Å². The van der Waals surface area contributed by atoms with Gasteiger partial charge >= 0.3 is 11.9 Å². The number of guanidine groups is 2. The summed E-state index contributed by atoms with van der Waals surface area (Å²) in [4.78, 5) is 10.6. The number of nitrogens with zero attached hydrogens (tertiary/aromatic N) is 6. The molecule has 0 heterocycles. The fraction of sp³-hybridized carbons (Fsp3) is 0.955. The Labute approximate surface area is 341 Å². The molecule has 0 atom stereocenters. The largest absolute Gasteiger partial charge is 1.00 e. The van der Waals surface area contributed by atoms with Crippen LogP contribution in [-0.2, 0) is 0 Å². The van der Waals surface area contributed by atoms with E-state index in [-0.39, 0.29) is 24.8 Å². The molecule has 0 bridgehead atoms. The summed E-state index contributed by atoms with van der Waals surface area (Å²) in [5, 5.41) is 0. The summed E-state index contributed by atoms with van der Waals surface area (Å²) in [5.74, 6) is 3.03. The van der Waals surface area contributed by atoms with Crippen molar-refractivity contribution in [2.75, 3.05) is 78.5 Å². The van der Waals surface area contributed by atoms with Crippen LogP contribution in [0.15, 0.2) is 0 Å². The number of hydrogen-bond acceptors (Lipinski definition) is 0. The van der Waals surface area contributed by atoms with E-state index in [1.807, 2.05) is 0 Å². The molecule has 316 valence electrons. The summed E-state index contributed by atoms with van der Waals surface area (Å²) >= 11 is 0. The highest BCUT2D eigenvalue weighted by atomic mass is 35.5. The Hall–Kier alpha value is -0.880. The molecule has 0 fully saturated rings. The average molecular weight is 780 g/mol. The molecule has 0 saturated heterocycles. The third kappa shape index (κ3) is 26.8. The first-order valence-electron chi connectivity index (χ1n) is 22.6. The molecule has 8 heteroatoms. The van der Waals surface area contributed by atoms with Crippen molar-refractivity contribution in [2.24, 2.45) is 0 Å². The fourth-order valence-corrected chi connectivity index (χ4v) is 7.10. The van der Waals surface area contributed by atoms with Crippen LogP contribution in [0.5, 0.6) is 0 Å². The van der Waals surface area contributed by atoms with Crippen molar-refractivity contribution in [2.45, 2.75) is 199 Å². The molecule has 0 saturated carbocycles. The molecule has 0 rings (SSSR count). The molecule has 0 aliphatic heterocycles. The molecule has 0 aromatic carbocycles. The van der Waals surface area contributed by atoms with Crippen molar-refractivity contribution in [1.82, 2.24) is 19.6 Å². The average Bonchev–Trinajstić information content (AvgIpc) is 3.12. The molecule has 0 aromatic rings. The minimum Gasteiger partial charge on any atom is -1.00 e. The molecule has 0 radical (unpaired) electrons. The summed E-state index contributed by atoms with van der Waals surface area (Å²) in [6, 6.07) is 0. The fourth-order valence-electron chi connectivity index (χ4n) is 7.10. The van der Waals surface area contributed by atoms with Crippen molar-refractivity contribution in [1.29, 1.82) is 0 Å². The minimum absolute atomic E-state index is 0. The molecular formula is C44H96Cl2N6. The van der Waals surface area contributed by atoms with Crippen molar-refractivity contribution in [3.8, 4) is 0 Å². The van der Waals surface area contributed by atoms with E-state index in [1.54, 1.807) is 5.96 Å². The quantitative estimate of drug-likeness (QED) is 0.0433. The zero-order chi connectivity index (χ0) is 37.8. The predicted molar refractivity (Wildman–Crippen MR) is 227 cm³/mol. The van der Waals surface area contributed by atoms with Gasteiger partial charge in [0.1, 0.15) is 0 Å². The maximum absolute atomic E-state index is 2.75. The van der Waals surface area contributed by atoms with Crippen LogP contribution in [0, 0.1) is 0 Å². The summed E-state index contributed by atoms with van der Waals surface area (Å²) < 4.78 is 5.40. The highest BCUT2D eigenvalue weighted by Gasteiger charge is 2.28. The maximum Gasteiger partial charge on any atom is 0.350 e. The zero-order valence-corrected chi connectivity index (χ0v) is 39.2. The van der Waals surface area contributed by atoms with Gasteiger partial charge in [-0.3, -0.25) is 28.8 Å². The van der Waals surface area contributed by atoms with Crippen molar-refractivity contribution in [3.05, 3.63) is 0 Å². The summed E-state index contributed by atoms with van der Waals surface area (Å²) in [6.45, 7) is 41.7. The molecule has 6 nitrogen and oxygen atoms in total. The van der Waals surface area contributed by atoms with Crippen LogP contribution in [0.1, 0.15) is 199 Å². The van der Waals surface area contributed by atoms with Gasteiger partial charge in [0.25, 0.3) is 0 Å². The molecule has 0 unspecified atom stereocenters. The van der Waals surface area contributed by atoms with Gasteiger partial charge in [-0.05, 0) is 79.1 Å². The molecule has 0 spiro atoms. The minimum atomic E-state index is 0. The zero-order valence-electron chi connectivity index (χ0n) is 37.7. The highest BCUT2D eigenvalue weighted by Crippen LogP contribution is 2.11. The van der Waals surface area contributed by atoms with Gasteiger partial charge in [-0.15, -0.1) is 0 Å². The second-order valence-electron chi connectivity index (χ2n) is 14.4. The second kappa shape index (κ2) is 42.9. The third-order valence-corrected chi connectivity index (χ3v) is 9.82. The Morgan fingerprint density at radius 2 is 0.596 bits per heavy atom. The Morgan fingerprint density at radius 1 is 0.288 bits per heavy atom. The van der Waals surface area contributed by atoms with Crippen LogP contribution in [0.25, 0.3) is 0 Å². The first-order chi connectivity index (χ1) is 24.4. The molecule has 0 aliphatic rings. The van der Waals surface area contributed by atoms with E-state index in [4.69, 9.17) is 0 Å². The van der Waals surface area contributed by atoms with Gasteiger partial charge in [0.2, 0.25) is 0 Å². The van der Waals surface area contributed by atoms with Crippen molar-refractivity contribution in [3.63, 3.8) is 0 Å². The van der Waals surface area contributed by atoms with E-state index in [0.717, 1.165) is 26.2 Å². The second-order valence-corrected chi connectivity index (χ2v) is 14.4. The number of unbranched alkanes of at least 4 members (excludes halogenated alkanes) is 10. The van der Waals surface area contributed by atoms with Crippen LogP contribution < -0.4 is 24.8 Å². The van der Waals surface area contributed by atoms with E-state index < -0.39 is 0 Å². The van der Waals surface area contributed by atoms with Crippen LogP contribution in [-0.4, -0.2) is 119 Å². The van der Waals surface area contributed by atoms with Crippen LogP contribution in [0.2, 0.25) is 0 Å². The first kappa shape index (κ1) is 57.8. The maximum atomic E-state index is 2.75. The summed E-state index contributed by atoms with van der Waals surface area (Å²) in [6.07, 6.45) is 23.6. The molecule has 0 aliphatic carbocycles. The monoisotopic (exact) mass is 779 g/mol. The van der Waals surface area contributed by atoms with Gasteiger partial charge in [0, 0.05) is 0 Å². The third-order valence-electron chi connectivity index (χ3n) is 9.82. The van der Waals surface area contributed by atoms with Gasteiger partial charge in [0.15, 0.2) is 0 Å². The van der Waals surface area contributed by atoms with E-state index in [0.29, 0.717) is 0 Å². The van der Waals surface area contributed by atoms with Crippen LogP contribution in [0.3, 0.4) is 0 Å². The van der Waals surface area contributed by atoms with Gasteiger partial charge in [0.05, 0.1) is 78.5 Å². The van der Waals surface area contributed by atoms with Gasteiger partial charge in [-0.1, -0.05) is 120 Å². The molecular weight excluding hydrogens is 683 g/mol. The SMILES string of the molecule is CCCCCC[N+](CCCCCC)=C(N(CC)CC)N(CC)CC.CCCCCN(CCCCC)C(N(CCC)CCC)=[N+](CCC)CCC.[Cl-].[Cl-]. The van der Waals surface area contributed by atoms with Gasteiger partial charge < -0.3 is 24.8 Å². The molecule has 52 heavy (non-hydrogen) atoms. The normalized spacial score (nSPS) is 10.4. The molecule has 0 aromatic heterocycles. The first-order valence-corrected chi connectivity index (χ1v) is 22.6. The lowest BCUT2D eigenvalue weighted by molar-refractivity contribution is -0.539. The molecule has 0 amide bonds. The lowest BCUT2D eigenvalue weighted by atomic mass is 10.2. The number of hydrogen-bond donors (Lipinski definition) is 0. The van der Waals surface area contributed by atoms with E-state index in [9.17, 15) is 0 Å². The highest BCUT2D eigenvalue weighted by molar-refractivity contribution is 5.75. The topological polar surface area (TPSA) is 19.0 Å². The van der Waals surface area contributed by atoms with Crippen molar-refractivity contribution < 1.29 is 34.0 Å². The van der Waals surface area contributed by atoms with E-state index >= 15 is 0 Å². The Morgan fingerprint density at radius 3 is 0.904 bits per heavy atom. The van der Waals surface area contributed by atoms with Gasteiger partial charge in [-0.25, -0.2) is 0 Å². The van der Waals surface area contributed by atoms with Crippen LogP contribution >= 0.6 is 0 Å². The summed E-state index contributed by atoms with van der Waals surface area (Å²) in [5.41, 5.74) is 0. The summed E-state index contributed by atoms with van der Waals surface area (Å²) in [7, 11) is 0. The smallest absolute Gasteiger partial charge is 0.350 e. The Bertz CT molecular complexity index is 731. The number of halogens is 2. The Kier molecular flexibility index (Phi) is 47.7. The van der Waals surface area contributed by atoms with E-state index in [2.05, 4.69) is 112 Å². The lowest BCUT2D eigenvalue weighted by Gasteiger charge is -2.31. The molecule has 0 N–H and O–H groups in total. The lowest BCUT2D eigenvalue weighted by Crippen LogP contribution is -3.00. The predicted octanol–water partition coefficient (Wildman–Crippen LogP) is 5.19. The Balaban J connectivity index is -0.000000428. The standard InChI is InChI=1S/C23H50N3.C21H46N3.2ClH/c1-7-13-15-21-26(22-16-14-8-2)23(24(17-9-3)18-10-4)25(19-11-5)20-12-6;1-7-13-15-17-19-24(20-18-16-14-8-2)21(22(9-3)10-4)23(11-5)12-6;;/h7-22H2,1-6H3;7-20H2,1-6H3;2*1H/q2*+1;;/p-2. The number of rotatable bonds is 30. The van der Waals surface area contributed by atoms with E-state index in [1.165, 1.54) is 174 Å².